The molecule has 6 nitrogen and oxygen atoms in total. The summed E-state index contributed by atoms with van der Waals surface area (Å²) in [5.74, 6) is 0. The summed E-state index contributed by atoms with van der Waals surface area (Å²) < 4.78 is 43.7. The van der Waals surface area contributed by atoms with Crippen LogP contribution in [-0.2, 0) is 26.6 Å². The van der Waals surface area contributed by atoms with Crippen molar-refractivity contribution < 1.29 is 26.6 Å². The molecule has 4 rings (SSSR count). The van der Waals surface area contributed by atoms with Gasteiger partial charge in [0.15, 0.2) is 0 Å². The minimum atomic E-state index is -2.75. The van der Waals surface area contributed by atoms with E-state index in [0.717, 1.165) is 18.1 Å². The molecule has 0 aromatic carbocycles. The molecule has 9 heteroatoms. The number of ether oxygens (including phenoxy) is 3. The zero-order chi connectivity index (χ0) is 32.8. The molecule has 4 fully saturated rings. The molecule has 0 aromatic heterocycles. The highest BCUT2D eigenvalue weighted by Crippen LogP contribution is 2.56. The number of hydrogen-bond donors (Lipinski definition) is 0. The zero-order valence-corrected chi connectivity index (χ0v) is 34.0. The Bertz CT molecular complexity index is 757. The van der Waals surface area contributed by atoms with Crippen molar-refractivity contribution in [2.75, 3.05) is 19.8 Å². The van der Waals surface area contributed by atoms with Crippen LogP contribution < -0.4 is 0 Å². The van der Waals surface area contributed by atoms with Gasteiger partial charge in [0.25, 0.3) is 0 Å². The van der Waals surface area contributed by atoms with Crippen molar-refractivity contribution >= 4 is 25.7 Å². The quantitative estimate of drug-likeness (QED) is 0.191. The van der Waals surface area contributed by atoms with Crippen LogP contribution in [0.1, 0.15) is 159 Å². The molecule has 3 saturated carbocycles. The van der Waals surface area contributed by atoms with E-state index >= 15 is 0 Å². The average molecular weight is 685 g/mol. The lowest BCUT2D eigenvalue weighted by molar-refractivity contribution is -0.00303. The van der Waals surface area contributed by atoms with Gasteiger partial charge in [0, 0.05) is 54.6 Å². The van der Waals surface area contributed by atoms with Crippen molar-refractivity contribution in [1.29, 1.82) is 0 Å². The summed E-state index contributed by atoms with van der Waals surface area (Å²) in [6.07, 6.45) is 19.2. The summed E-state index contributed by atoms with van der Waals surface area (Å²) in [7, 11) is -8.25. The Morgan fingerprint density at radius 1 is 0.400 bits per heavy atom. The van der Waals surface area contributed by atoms with Gasteiger partial charge in [0.2, 0.25) is 0 Å². The molecule has 0 spiro atoms. The Kier molecular flexibility index (Phi) is 13.6. The van der Waals surface area contributed by atoms with E-state index in [1.807, 2.05) is 0 Å². The molecule has 0 atom stereocenters. The van der Waals surface area contributed by atoms with Gasteiger partial charge in [-0.1, -0.05) is 57.8 Å². The lowest BCUT2D eigenvalue weighted by Gasteiger charge is -2.60. The summed E-state index contributed by atoms with van der Waals surface area (Å²) in [5.41, 5.74) is 1.05. The fourth-order valence-electron chi connectivity index (χ4n) is 8.48. The van der Waals surface area contributed by atoms with Gasteiger partial charge >= 0.3 is 25.7 Å². The van der Waals surface area contributed by atoms with Crippen LogP contribution in [0.2, 0.25) is 34.8 Å². The third-order valence-corrected chi connectivity index (χ3v) is 27.1. The molecule has 1 saturated heterocycles. The Morgan fingerprint density at radius 3 is 0.822 bits per heavy atom. The lowest BCUT2D eigenvalue weighted by Crippen LogP contribution is -2.74. The second-order valence-corrected chi connectivity index (χ2v) is 29.1. The van der Waals surface area contributed by atoms with Crippen LogP contribution in [0.15, 0.2) is 0 Å². The van der Waals surface area contributed by atoms with E-state index < -0.39 is 25.7 Å². The normalized spacial score (nSPS) is 32.2. The third kappa shape index (κ3) is 11.2. The van der Waals surface area contributed by atoms with Crippen LogP contribution in [0.4, 0.5) is 0 Å². The predicted molar refractivity (Wildman–Crippen MR) is 193 cm³/mol. The van der Waals surface area contributed by atoms with Gasteiger partial charge < -0.3 is 26.6 Å². The van der Waals surface area contributed by atoms with Gasteiger partial charge in [0.1, 0.15) is 0 Å². The van der Waals surface area contributed by atoms with E-state index in [-0.39, 0.29) is 16.8 Å². The van der Waals surface area contributed by atoms with Gasteiger partial charge in [-0.3, -0.25) is 0 Å². The van der Waals surface area contributed by atoms with E-state index in [1.54, 1.807) is 0 Å². The Labute approximate surface area is 281 Å². The lowest BCUT2D eigenvalue weighted by atomic mass is 10.0. The fourth-order valence-corrected chi connectivity index (χ4v) is 29.8. The molecular weight excluding hydrogens is 613 g/mol. The highest BCUT2D eigenvalue weighted by atomic mass is 28.5. The van der Waals surface area contributed by atoms with Crippen LogP contribution in [-0.4, -0.2) is 62.3 Å². The van der Waals surface area contributed by atoms with Gasteiger partial charge in [-0.25, -0.2) is 0 Å². The molecule has 3 aliphatic carbocycles. The first-order chi connectivity index (χ1) is 21.1. The Balaban J connectivity index is 1.83. The molecular formula is C36H72O6Si3. The van der Waals surface area contributed by atoms with Crippen molar-refractivity contribution in [3.63, 3.8) is 0 Å². The van der Waals surface area contributed by atoms with Gasteiger partial charge in [-0.05, 0) is 101 Å². The first-order valence-corrected chi connectivity index (χ1v) is 25.4. The molecule has 0 amide bonds. The van der Waals surface area contributed by atoms with Gasteiger partial charge in [0.05, 0.1) is 16.8 Å². The van der Waals surface area contributed by atoms with Crippen molar-refractivity contribution in [2.24, 2.45) is 0 Å². The number of hydrogen-bond acceptors (Lipinski definition) is 6. The topological polar surface area (TPSA) is 55.4 Å². The van der Waals surface area contributed by atoms with E-state index in [4.69, 9.17) is 26.6 Å². The Hall–Kier alpha value is 0.411. The predicted octanol–water partition coefficient (Wildman–Crippen LogP) is 10.8. The maximum atomic E-state index is 8.03. The van der Waals surface area contributed by atoms with Crippen LogP contribution in [0.3, 0.4) is 0 Å². The van der Waals surface area contributed by atoms with E-state index in [0.29, 0.717) is 36.4 Å². The van der Waals surface area contributed by atoms with Gasteiger partial charge in [-0.15, -0.1) is 0 Å². The average Bonchev–Trinajstić information content (AvgIpc) is 2.96. The van der Waals surface area contributed by atoms with Crippen LogP contribution in [0.25, 0.3) is 0 Å². The maximum Gasteiger partial charge on any atom is 0.326 e. The first-order valence-electron chi connectivity index (χ1n) is 19.1. The van der Waals surface area contributed by atoms with Crippen LogP contribution in [0.5, 0.6) is 0 Å². The smallest absolute Gasteiger partial charge is 0.326 e. The summed E-state index contributed by atoms with van der Waals surface area (Å²) in [5, 5.41) is 0. The standard InChI is InChI=1S/C36H72O6Si3/c1-34(2,3)37-25-28-43(31-19-13-10-14-20-31)40-44(29-26-38-35(4,5)6,32-21-15-11-16-22-32)42-45(41-43,30-27-39-36(7,8)9)33-23-17-12-18-24-33/h31-33H,10-30H2,1-9H3. The highest BCUT2D eigenvalue weighted by molar-refractivity contribution is 6.96. The summed E-state index contributed by atoms with van der Waals surface area (Å²) in [6, 6.07) is 2.80. The summed E-state index contributed by atoms with van der Waals surface area (Å²) in [6.45, 7) is 21.8. The van der Waals surface area contributed by atoms with E-state index in [2.05, 4.69) is 62.3 Å². The summed E-state index contributed by atoms with van der Waals surface area (Å²) >= 11 is 0. The first kappa shape index (κ1) is 38.2. The summed E-state index contributed by atoms with van der Waals surface area (Å²) in [4.78, 5) is 0. The molecule has 45 heavy (non-hydrogen) atoms. The minimum Gasteiger partial charge on any atom is -0.415 e. The van der Waals surface area contributed by atoms with Crippen molar-refractivity contribution in [3.8, 4) is 0 Å². The van der Waals surface area contributed by atoms with Crippen LogP contribution >= 0.6 is 0 Å². The SMILES string of the molecule is CC(C)(C)OCC[Si]1(C2CCCCC2)O[Si](CCOC(C)(C)C)(C2CCCCC2)O[Si](CCOC(C)(C)C)(C2CCCCC2)O1. The second-order valence-electron chi connectivity index (χ2n) is 17.9. The second kappa shape index (κ2) is 16.0. The van der Waals surface area contributed by atoms with Crippen molar-refractivity contribution in [2.45, 2.75) is 210 Å². The van der Waals surface area contributed by atoms with E-state index in [9.17, 15) is 0 Å². The molecule has 1 aliphatic heterocycles. The van der Waals surface area contributed by atoms with E-state index in [1.165, 1.54) is 96.3 Å². The highest BCUT2D eigenvalue weighted by Gasteiger charge is 2.68. The largest absolute Gasteiger partial charge is 0.415 e. The number of rotatable bonds is 12. The Morgan fingerprint density at radius 2 is 0.622 bits per heavy atom. The zero-order valence-electron chi connectivity index (χ0n) is 31.0. The molecule has 1 heterocycles. The van der Waals surface area contributed by atoms with Gasteiger partial charge in [-0.2, -0.15) is 0 Å². The molecule has 0 radical (unpaired) electrons. The third-order valence-electron chi connectivity index (χ3n) is 10.7. The monoisotopic (exact) mass is 684 g/mol. The molecule has 4 aliphatic rings. The maximum absolute atomic E-state index is 8.03. The molecule has 0 bridgehead atoms. The molecule has 264 valence electrons. The van der Waals surface area contributed by atoms with Crippen molar-refractivity contribution in [1.82, 2.24) is 0 Å². The van der Waals surface area contributed by atoms with Crippen molar-refractivity contribution in [3.05, 3.63) is 0 Å². The minimum absolute atomic E-state index is 0.176. The van der Waals surface area contributed by atoms with Crippen LogP contribution in [0, 0.1) is 0 Å². The molecule has 0 aromatic rings. The molecule has 0 unspecified atom stereocenters. The fraction of sp³-hybridized carbons (Fsp3) is 1.00. The molecule has 0 N–H and O–H groups in total.